The number of carbonyl (C=O) groups excluding carboxylic acids is 2. The van der Waals surface area contributed by atoms with E-state index in [4.69, 9.17) is 23.2 Å². The molecule has 0 bridgehead atoms. The van der Waals surface area contributed by atoms with Gasteiger partial charge in [0.15, 0.2) is 11.2 Å². The zero-order valence-corrected chi connectivity index (χ0v) is 6.46. The number of rotatable bonds is 0. The lowest BCUT2D eigenvalue weighted by atomic mass is 10.3. The van der Waals surface area contributed by atoms with Crippen molar-refractivity contribution in [1.29, 1.82) is 0 Å². The van der Waals surface area contributed by atoms with Crippen molar-refractivity contribution in [1.82, 2.24) is 0 Å². The van der Waals surface area contributed by atoms with Crippen LogP contribution in [0.2, 0.25) is 0 Å². The van der Waals surface area contributed by atoms with Gasteiger partial charge < -0.3 is 0 Å². The Balaban J connectivity index is 2.77. The van der Waals surface area contributed by atoms with E-state index >= 15 is 0 Å². The SMILES string of the molecule is O=C1SC(Cl)C(=O)C1Cl. The van der Waals surface area contributed by atoms with Gasteiger partial charge in [0, 0.05) is 0 Å². The van der Waals surface area contributed by atoms with E-state index in [2.05, 4.69) is 0 Å². The number of carbonyl (C=O) groups is 2. The summed E-state index contributed by atoms with van der Waals surface area (Å²) in [5.41, 5.74) is 0. The molecule has 1 heterocycles. The number of Topliss-reactive ketones (excluding diaryl/α,β-unsaturated/α-hetero) is 1. The number of thioether (sulfide) groups is 1. The average Bonchev–Trinajstić information content (AvgIpc) is 1.98. The van der Waals surface area contributed by atoms with Crippen LogP contribution in [0.3, 0.4) is 0 Å². The van der Waals surface area contributed by atoms with Crippen LogP contribution in [0.1, 0.15) is 0 Å². The van der Waals surface area contributed by atoms with Crippen LogP contribution in [0.25, 0.3) is 0 Å². The summed E-state index contributed by atoms with van der Waals surface area (Å²) in [7, 11) is 0. The number of hydrogen-bond acceptors (Lipinski definition) is 3. The van der Waals surface area contributed by atoms with Gasteiger partial charge in [-0.1, -0.05) is 11.8 Å². The molecule has 9 heavy (non-hydrogen) atoms. The summed E-state index contributed by atoms with van der Waals surface area (Å²) in [4.78, 5) is 21.1. The molecule has 1 saturated heterocycles. The van der Waals surface area contributed by atoms with E-state index in [1.165, 1.54) is 0 Å². The van der Waals surface area contributed by atoms with Crippen LogP contribution in [0.15, 0.2) is 0 Å². The van der Waals surface area contributed by atoms with E-state index in [0.29, 0.717) is 0 Å². The maximum absolute atomic E-state index is 10.6. The van der Waals surface area contributed by atoms with E-state index in [-0.39, 0.29) is 5.12 Å². The second kappa shape index (κ2) is 2.48. The molecule has 2 unspecified atom stereocenters. The first-order chi connectivity index (χ1) is 4.13. The fourth-order valence-corrected chi connectivity index (χ4v) is 1.95. The van der Waals surface area contributed by atoms with Gasteiger partial charge in [0.25, 0.3) is 0 Å². The molecule has 50 valence electrons. The normalized spacial score (nSPS) is 35.8. The smallest absolute Gasteiger partial charge is 0.216 e. The molecule has 0 amide bonds. The Morgan fingerprint density at radius 2 is 1.89 bits per heavy atom. The maximum Gasteiger partial charge on any atom is 0.216 e. The van der Waals surface area contributed by atoms with Crippen molar-refractivity contribution in [3.05, 3.63) is 0 Å². The van der Waals surface area contributed by atoms with Gasteiger partial charge in [0.1, 0.15) is 4.71 Å². The Labute approximate surface area is 65.9 Å². The molecule has 0 aromatic rings. The van der Waals surface area contributed by atoms with E-state index in [9.17, 15) is 9.59 Å². The summed E-state index contributed by atoms with van der Waals surface area (Å²) < 4.78 is -0.764. The summed E-state index contributed by atoms with van der Waals surface area (Å²) in [6.45, 7) is 0. The summed E-state index contributed by atoms with van der Waals surface area (Å²) in [5, 5.41) is -1.36. The minimum atomic E-state index is -1.02. The minimum Gasteiger partial charge on any atom is -0.295 e. The summed E-state index contributed by atoms with van der Waals surface area (Å²) in [6, 6.07) is 0. The third-order valence-electron chi connectivity index (χ3n) is 0.900. The van der Waals surface area contributed by atoms with Gasteiger partial charge in [0.2, 0.25) is 5.12 Å². The maximum atomic E-state index is 10.6. The molecule has 0 saturated carbocycles. The van der Waals surface area contributed by atoms with E-state index in [1.807, 2.05) is 0 Å². The van der Waals surface area contributed by atoms with Crippen molar-refractivity contribution < 1.29 is 9.59 Å². The predicted octanol–water partition coefficient (Wildman–Crippen LogP) is 1.00. The van der Waals surface area contributed by atoms with Crippen LogP contribution in [-0.2, 0) is 9.59 Å². The molecule has 0 aromatic carbocycles. The monoisotopic (exact) mass is 184 g/mol. The van der Waals surface area contributed by atoms with Crippen LogP contribution in [0, 0.1) is 0 Å². The Morgan fingerprint density at radius 3 is 2.00 bits per heavy atom. The summed E-state index contributed by atoms with van der Waals surface area (Å²) in [5.74, 6) is -0.395. The second-order valence-corrected chi connectivity index (χ2v) is 3.76. The van der Waals surface area contributed by atoms with Crippen molar-refractivity contribution in [2.45, 2.75) is 10.1 Å². The predicted molar refractivity (Wildman–Crippen MR) is 36.9 cm³/mol. The first kappa shape index (κ1) is 7.38. The van der Waals surface area contributed by atoms with E-state index < -0.39 is 15.9 Å². The number of ketones is 1. The standard InChI is InChI=1S/C4H2Cl2O2S/c5-1-2(7)3(6)9-4(1)8/h1,3H. The molecule has 5 heteroatoms. The quantitative estimate of drug-likeness (QED) is 0.417. The Morgan fingerprint density at radius 1 is 1.33 bits per heavy atom. The zero-order chi connectivity index (χ0) is 7.02. The molecule has 0 aliphatic carbocycles. The van der Waals surface area contributed by atoms with Gasteiger partial charge in [0.05, 0.1) is 0 Å². The van der Waals surface area contributed by atoms with E-state index in [1.54, 1.807) is 0 Å². The molecule has 2 nitrogen and oxygen atoms in total. The molecular formula is C4H2Cl2O2S. The van der Waals surface area contributed by atoms with Crippen LogP contribution in [-0.4, -0.2) is 21.0 Å². The molecule has 0 aromatic heterocycles. The molecule has 1 aliphatic rings. The summed E-state index contributed by atoms with van der Waals surface area (Å²) >= 11 is 11.4. The lowest BCUT2D eigenvalue weighted by Crippen LogP contribution is -2.16. The van der Waals surface area contributed by atoms with Gasteiger partial charge in [-0.25, -0.2) is 0 Å². The number of hydrogen-bond donors (Lipinski definition) is 0. The van der Waals surface area contributed by atoms with Gasteiger partial charge in [-0.05, 0) is 0 Å². The lowest BCUT2D eigenvalue weighted by molar-refractivity contribution is -0.120. The van der Waals surface area contributed by atoms with Crippen molar-refractivity contribution in [2.75, 3.05) is 0 Å². The fraction of sp³-hybridized carbons (Fsp3) is 0.500. The van der Waals surface area contributed by atoms with Gasteiger partial charge in [-0.15, -0.1) is 23.2 Å². The zero-order valence-electron chi connectivity index (χ0n) is 4.14. The van der Waals surface area contributed by atoms with Crippen LogP contribution >= 0.6 is 35.0 Å². The topological polar surface area (TPSA) is 34.1 Å². The lowest BCUT2D eigenvalue weighted by Gasteiger charge is -1.89. The van der Waals surface area contributed by atoms with Crippen LogP contribution in [0.4, 0.5) is 0 Å². The molecule has 1 rings (SSSR count). The Kier molecular flexibility index (Phi) is 2.03. The molecule has 2 atom stereocenters. The first-order valence-electron chi connectivity index (χ1n) is 2.15. The molecule has 0 N–H and O–H groups in total. The Hall–Kier alpha value is 0.270. The first-order valence-corrected chi connectivity index (χ1v) is 3.90. The molecule has 0 radical (unpaired) electrons. The van der Waals surface area contributed by atoms with Crippen LogP contribution < -0.4 is 0 Å². The highest BCUT2D eigenvalue weighted by molar-refractivity contribution is 8.16. The third kappa shape index (κ3) is 1.23. The van der Waals surface area contributed by atoms with Crippen molar-refractivity contribution >= 4 is 45.9 Å². The van der Waals surface area contributed by atoms with Crippen molar-refractivity contribution in [3.8, 4) is 0 Å². The van der Waals surface area contributed by atoms with Gasteiger partial charge in [-0.3, -0.25) is 9.59 Å². The highest BCUT2D eigenvalue weighted by atomic mass is 35.5. The molecule has 1 fully saturated rings. The second-order valence-electron chi connectivity index (χ2n) is 1.52. The van der Waals surface area contributed by atoms with Crippen molar-refractivity contribution in [3.63, 3.8) is 0 Å². The number of halogens is 2. The summed E-state index contributed by atoms with van der Waals surface area (Å²) in [6.07, 6.45) is 0. The molecule has 0 spiro atoms. The highest BCUT2D eigenvalue weighted by Gasteiger charge is 2.39. The number of alkyl halides is 2. The minimum absolute atomic E-state index is 0.346. The van der Waals surface area contributed by atoms with Crippen molar-refractivity contribution in [2.24, 2.45) is 0 Å². The third-order valence-corrected chi connectivity index (χ3v) is 2.83. The fourth-order valence-electron chi connectivity index (χ4n) is 0.451. The highest BCUT2D eigenvalue weighted by Crippen LogP contribution is 2.30. The molecular weight excluding hydrogens is 183 g/mol. The van der Waals surface area contributed by atoms with E-state index in [0.717, 1.165) is 11.8 Å². The molecule has 1 aliphatic heterocycles. The Bertz CT molecular complexity index is 170. The van der Waals surface area contributed by atoms with Gasteiger partial charge in [-0.2, -0.15) is 0 Å². The average molecular weight is 185 g/mol. The largest absolute Gasteiger partial charge is 0.295 e. The van der Waals surface area contributed by atoms with Gasteiger partial charge >= 0.3 is 0 Å². The van der Waals surface area contributed by atoms with Crippen LogP contribution in [0.5, 0.6) is 0 Å².